The van der Waals surface area contributed by atoms with Crippen molar-refractivity contribution in [3.05, 3.63) is 23.8 Å². The summed E-state index contributed by atoms with van der Waals surface area (Å²) in [4.78, 5) is 16.2. The number of likely N-dealkylation sites (N-methyl/N-ethyl adjacent to an activating group) is 1. The third kappa shape index (κ3) is 2.58. The standard InChI is InChI=1S/C15H23N3O2/c1-10-8-18(9-13(10)17(2)3)12-7-5-6-11(14(12)16)15(19)20-4/h5-7,10,13H,8-9,16H2,1-4H3. The van der Waals surface area contributed by atoms with Crippen LogP contribution in [0.1, 0.15) is 17.3 Å². The fraction of sp³-hybridized carbons (Fsp3) is 0.533. The van der Waals surface area contributed by atoms with Crippen LogP contribution in [-0.2, 0) is 4.74 Å². The second-order valence-electron chi connectivity index (χ2n) is 5.64. The van der Waals surface area contributed by atoms with Crippen LogP contribution in [0.4, 0.5) is 11.4 Å². The number of methoxy groups -OCH3 is 1. The molecular formula is C15H23N3O2. The molecule has 0 amide bonds. The van der Waals surface area contributed by atoms with Crippen LogP contribution in [0.5, 0.6) is 0 Å². The van der Waals surface area contributed by atoms with Gasteiger partial charge in [0.15, 0.2) is 0 Å². The molecule has 0 saturated carbocycles. The fourth-order valence-corrected chi connectivity index (χ4v) is 2.94. The van der Waals surface area contributed by atoms with Crippen molar-refractivity contribution in [2.45, 2.75) is 13.0 Å². The maximum atomic E-state index is 11.7. The summed E-state index contributed by atoms with van der Waals surface area (Å²) in [5.74, 6) is 0.173. The van der Waals surface area contributed by atoms with E-state index in [-0.39, 0.29) is 5.97 Å². The normalized spacial score (nSPS) is 22.4. The van der Waals surface area contributed by atoms with Crippen LogP contribution < -0.4 is 10.6 Å². The first-order valence-corrected chi connectivity index (χ1v) is 6.84. The summed E-state index contributed by atoms with van der Waals surface area (Å²) >= 11 is 0. The molecule has 1 aromatic rings. The van der Waals surface area contributed by atoms with Gasteiger partial charge in [-0.25, -0.2) is 4.79 Å². The van der Waals surface area contributed by atoms with Gasteiger partial charge in [0.1, 0.15) is 0 Å². The largest absolute Gasteiger partial charge is 0.465 e. The Labute approximate surface area is 120 Å². The number of anilines is 2. The molecule has 1 saturated heterocycles. The van der Waals surface area contributed by atoms with E-state index < -0.39 is 0 Å². The maximum Gasteiger partial charge on any atom is 0.340 e. The van der Waals surface area contributed by atoms with E-state index >= 15 is 0 Å². The molecule has 20 heavy (non-hydrogen) atoms. The highest BCUT2D eigenvalue weighted by molar-refractivity contribution is 5.98. The van der Waals surface area contributed by atoms with Crippen LogP contribution >= 0.6 is 0 Å². The van der Waals surface area contributed by atoms with Crippen LogP contribution in [0.25, 0.3) is 0 Å². The molecule has 0 aromatic heterocycles. The van der Waals surface area contributed by atoms with Crippen LogP contribution in [0, 0.1) is 5.92 Å². The highest BCUT2D eigenvalue weighted by Gasteiger charge is 2.32. The van der Waals surface area contributed by atoms with Crippen molar-refractivity contribution < 1.29 is 9.53 Å². The molecule has 5 nitrogen and oxygen atoms in total. The molecule has 2 unspecified atom stereocenters. The van der Waals surface area contributed by atoms with E-state index in [0.29, 0.717) is 23.2 Å². The predicted octanol–water partition coefficient (Wildman–Crippen LogP) is 1.44. The molecule has 2 atom stereocenters. The summed E-state index contributed by atoms with van der Waals surface area (Å²) in [5, 5.41) is 0. The van der Waals surface area contributed by atoms with Gasteiger partial charge in [-0.15, -0.1) is 0 Å². The van der Waals surface area contributed by atoms with Gasteiger partial charge in [-0.1, -0.05) is 13.0 Å². The number of carbonyl (C=O) groups is 1. The number of benzene rings is 1. The second kappa shape index (κ2) is 5.71. The smallest absolute Gasteiger partial charge is 0.340 e. The Hall–Kier alpha value is -1.75. The SMILES string of the molecule is COC(=O)c1cccc(N2CC(C)C(N(C)C)C2)c1N. The third-order valence-corrected chi connectivity index (χ3v) is 4.07. The predicted molar refractivity (Wildman–Crippen MR) is 81.0 cm³/mol. The second-order valence-corrected chi connectivity index (χ2v) is 5.64. The maximum absolute atomic E-state index is 11.7. The summed E-state index contributed by atoms with van der Waals surface area (Å²) in [6, 6.07) is 6.02. The van der Waals surface area contributed by atoms with Crippen molar-refractivity contribution in [2.75, 3.05) is 44.9 Å². The van der Waals surface area contributed by atoms with Gasteiger partial charge in [0, 0.05) is 19.1 Å². The highest BCUT2D eigenvalue weighted by Crippen LogP contribution is 2.32. The number of nitrogens with zero attached hydrogens (tertiary/aromatic N) is 2. The number of nitrogens with two attached hydrogens (primary N) is 1. The quantitative estimate of drug-likeness (QED) is 0.669. The van der Waals surface area contributed by atoms with E-state index in [0.717, 1.165) is 18.8 Å². The van der Waals surface area contributed by atoms with Gasteiger partial charge < -0.3 is 20.3 Å². The van der Waals surface area contributed by atoms with E-state index in [1.807, 2.05) is 12.1 Å². The minimum absolute atomic E-state index is 0.388. The molecule has 0 radical (unpaired) electrons. The van der Waals surface area contributed by atoms with E-state index in [4.69, 9.17) is 10.5 Å². The summed E-state index contributed by atoms with van der Waals surface area (Å²) < 4.78 is 4.77. The van der Waals surface area contributed by atoms with E-state index in [1.165, 1.54) is 7.11 Å². The first-order valence-electron chi connectivity index (χ1n) is 6.84. The van der Waals surface area contributed by atoms with Gasteiger partial charge in [0.2, 0.25) is 0 Å². The molecular weight excluding hydrogens is 254 g/mol. The number of hydrogen-bond donors (Lipinski definition) is 1. The van der Waals surface area contributed by atoms with Crippen LogP contribution in [0.3, 0.4) is 0 Å². The molecule has 5 heteroatoms. The van der Waals surface area contributed by atoms with Gasteiger partial charge in [-0.3, -0.25) is 0 Å². The summed E-state index contributed by atoms with van der Waals surface area (Å²) in [6.07, 6.45) is 0. The van der Waals surface area contributed by atoms with Gasteiger partial charge in [0.25, 0.3) is 0 Å². The lowest BCUT2D eigenvalue weighted by Crippen LogP contribution is -2.34. The zero-order valence-corrected chi connectivity index (χ0v) is 12.6. The Kier molecular flexibility index (Phi) is 4.18. The van der Waals surface area contributed by atoms with Gasteiger partial charge in [-0.05, 0) is 32.1 Å². The van der Waals surface area contributed by atoms with Crippen molar-refractivity contribution >= 4 is 17.3 Å². The average Bonchev–Trinajstić information content (AvgIpc) is 2.80. The number of ether oxygens (including phenoxy) is 1. The molecule has 1 aromatic carbocycles. The Morgan fingerprint density at radius 3 is 2.65 bits per heavy atom. The Morgan fingerprint density at radius 2 is 2.10 bits per heavy atom. The first kappa shape index (κ1) is 14.7. The van der Waals surface area contributed by atoms with E-state index in [1.54, 1.807) is 6.07 Å². The van der Waals surface area contributed by atoms with E-state index in [2.05, 4.69) is 30.8 Å². The average molecular weight is 277 g/mol. The molecule has 0 spiro atoms. The fourth-order valence-electron chi connectivity index (χ4n) is 2.94. The van der Waals surface area contributed by atoms with Crippen molar-refractivity contribution in [2.24, 2.45) is 5.92 Å². The number of carbonyl (C=O) groups excluding carboxylic acids is 1. The molecule has 1 fully saturated rings. The Balaban J connectivity index is 2.29. The molecule has 0 aliphatic carbocycles. The summed E-state index contributed by atoms with van der Waals surface area (Å²) in [5.41, 5.74) is 8.01. The lowest BCUT2D eigenvalue weighted by molar-refractivity contribution is 0.0602. The molecule has 110 valence electrons. The van der Waals surface area contributed by atoms with Crippen LogP contribution in [-0.4, -0.2) is 51.2 Å². The minimum Gasteiger partial charge on any atom is -0.465 e. The summed E-state index contributed by atoms with van der Waals surface area (Å²) in [7, 11) is 5.56. The van der Waals surface area contributed by atoms with Crippen LogP contribution in [0.15, 0.2) is 18.2 Å². The lowest BCUT2D eigenvalue weighted by atomic mass is 10.1. The Bertz CT molecular complexity index is 502. The van der Waals surface area contributed by atoms with Crippen molar-refractivity contribution in [3.63, 3.8) is 0 Å². The van der Waals surface area contributed by atoms with Gasteiger partial charge in [-0.2, -0.15) is 0 Å². The molecule has 1 aliphatic rings. The highest BCUT2D eigenvalue weighted by atomic mass is 16.5. The number of esters is 1. The van der Waals surface area contributed by atoms with Gasteiger partial charge in [0.05, 0.1) is 24.0 Å². The monoisotopic (exact) mass is 277 g/mol. The minimum atomic E-state index is -0.388. The lowest BCUT2D eigenvalue weighted by Gasteiger charge is -2.24. The number of rotatable bonds is 3. The first-order chi connectivity index (χ1) is 9.45. The molecule has 0 bridgehead atoms. The van der Waals surface area contributed by atoms with Crippen LogP contribution in [0.2, 0.25) is 0 Å². The third-order valence-electron chi connectivity index (χ3n) is 4.07. The number of para-hydroxylation sites is 1. The topological polar surface area (TPSA) is 58.8 Å². The van der Waals surface area contributed by atoms with Crippen molar-refractivity contribution in [1.29, 1.82) is 0 Å². The Morgan fingerprint density at radius 1 is 1.40 bits per heavy atom. The zero-order valence-electron chi connectivity index (χ0n) is 12.6. The molecule has 2 rings (SSSR count). The molecule has 1 heterocycles. The molecule has 2 N–H and O–H groups in total. The van der Waals surface area contributed by atoms with Gasteiger partial charge >= 0.3 is 5.97 Å². The zero-order chi connectivity index (χ0) is 14.9. The number of nitrogen functional groups attached to an aromatic ring is 1. The van der Waals surface area contributed by atoms with E-state index in [9.17, 15) is 4.79 Å². The van der Waals surface area contributed by atoms with Crippen molar-refractivity contribution in [3.8, 4) is 0 Å². The molecule has 1 aliphatic heterocycles. The van der Waals surface area contributed by atoms with Crippen molar-refractivity contribution in [1.82, 2.24) is 4.90 Å². The number of hydrogen-bond acceptors (Lipinski definition) is 5. The summed E-state index contributed by atoms with van der Waals surface area (Å²) in [6.45, 7) is 4.10.